The van der Waals surface area contributed by atoms with Gasteiger partial charge in [0.05, 0.1) is 6.54 Å². The number of rotatable bonds is 1. The van der Waals surface area contributed by atoms with Gasteiger partial charge in [-0.25, -0.2) is 0 Å². The molecule has 2 aliphatic rings. The lowest BCUT2D eigenvalue weighted by molar-refractivity contribution is -0.141. The number of para-hydroxylation sites is 1. The summed E-state index contributed by atoms with van der Waals surface area (Å²) in [4.78, 5) is 14.2. The molecule has 0 aromatic heterocycles. The fraction of sp³-hybridized carbons (Fsp3) is 0.500. The highest BCUT2D eigenvalue weighted by molar-refractivity contribution is 5.81. The Morgan fingerprint density at radius 3 is 3.00 bits per heavy atom. The molecule has 96 valence electrons. The van der Waals surface area contributed by atoms with Crippen LogP contribution in [-0.2, 0) is 16.1 Å². The van der Waals surface area contributed by atoms with Crippen molar-refractivity contribution in [2.45, 2.75) is 25.5 Å². The van der Waals surface area contributed by atoms with Crippen LogP contribution < -0.4 is 4.74 Å². The van der Waals surface area contributed by atoms with Gasteiger partial charge in [0.1, 0.15) is 18.5 Å². The Hall–Kier alpha value is -1.55. The first kappa shape index (κ1) is 11.5. The Morgan fingerprint density at radius 2 is 2.17 bits per heavy atom. The normalized spacial score (nSPS) is 23.1. The topological polar surface area (TPSA) is 38.8 Å². The largest absolute Gasteiger partial charge is 0.491 e. The molecule has 1 atom stereocenters. The predicted octanol–water partition coefficient (Wildman–Crippen LogP) is 1.59. The van der Waals surface area contributed by atoms with E-state index in [9.17, 15) is 4.79 Å². The van der Waals surface area contributed by atoms with E-state index >= 15 is 0 Å². The van der Waals surface area contributed by atoms with Crippen LogP contribution in [0.4, 0.5) is 0 Å². The molecule has 0 saturated carbocycles. The second kappa shape index (κ2) is 4.98. The van der Waals surface area contributed by atoms with Gasteiger partial charge in [-0.2, -0.15) is 0 Å². The van der Waals surface area contributed by atoms with E-state index in [-0.39, 0.29) is 12.0 Å². The van der Waals surface area contributed by atoms with Gasteiger partial charge in [-0.05, 0) is 18.9 Å². The molecule has 2 aliphatic heterocycles. The molecule has 0 unspecified atom stereocenters. The number of amides is 1. The monoisotopic (exact) mass is 247 g/mol. The van der Waals surface area contributed by atoms with E-state index in [1.54, 1.807) is 0 Å². The van der Waals surface area contributed by atoms with Crippen LogP contribution in [0.3, 0.4) is 0 Å². The van der Waals surface area contributed by atoms with E-state index in [2.05, 4.69) is 0 Å². The van der Waals surface area contributed by atoms with Crippen LogP contribution in [0.25, 0.3) is 0 Å². The molecule has 3 rings (SSSR count). The van der Waals surface area contributed by atoms with Crippen molar-refractivity contribution in [3.8, 4) is 5.75 Å². The first-order chi connectivity index (χ1) is 8.84. The Labute approximate surface area is 106 Å². The summed E-state index contributed by atoms with van der Waals surface area (Å²) >= 11 is 0. The van der Waals surface area contributed by atoms with Crippen molar-refractivity contribution in [1.29, 1.82) is 0 Å². The molecular weight excluding hydrogens is 230 g/mol. The maximum Gasteiger partial charge on any atom is 0.252 e. The summed E-state index contributed by atoms with van der Waals surface area (Å²) in [7, 11) is 0. The van der Waals surface area contributed by atoms with Crippen molar-refractivity contribution in [2.24, 2.45) is 0 Å². The molecule has 18 heavy (non-hydrogen) atoms. The maximum absolute atomic E-state index is 12.3. The minimum absolute atomic E-state index is 0.104. The summed E-state index contributed by atoms with van der Waals surface area (Å²) in [6, 6.07) is 7.89. The van der Waals surface area contributed by atoms with Crippen LogP contribution in [0, 0.1) is 0 Å². The summed E-state index contributed by atoms with van der Waals surface area (Å²) in [6.45, 7) is 2.51. The summed E-state index contributed by atoms with van der Waals surface area (Å²) in [6.07, 6.45) is 1.59. The highest BCUT2D eigenvalue weighted by Crippen LogP contribution is 2.24. The molecule has 1 aromatic rings. The lowest BCUT2D eigenvalue weighted by Gasteiger charge is -2.22. The molecule has 0 aliphatic carbocycles. The van der Waals surface area contributed by atoms with Crippen LogP contribution in [0.5, 0.6) is 5.75 Å². The second-order valence-electron chi connectivity index (χ2n) is 4.72. The Bertz CT molecular complexity index is 440. The number of fused-ring (bicyclic) bond motifs is 1. The van der Waals surface area contributed by atoms with E-state index in [0.29, 0.717) is 26.3 Å². The van der Waals surface area contributed by atoms with E-state index < -0.39 is 0 Å². The fourth-order valence-electron chi connectivity index (χ4n) is 2.49. The third kappa shape index (κ3) is 2.20. The molecule has 0 N–H and O–H groups in total. The van der Waals surface area contributed by atoms with Gasteiger partial charge in [0.2, 0.25) is 0 Å². The number of hydrogen-bond donors (Lipinski definition) is 0. The first-order valence-corrected chi connectivity index (χ1v) is 6.46. The molecule has 0 spiro atoms. The highest BCUT2D eigenvalue weighted by Gasteiger charge is 2.29. The number of carbonyl (C=O) groups excluding carboxylic acids is 1. The number of benzene rings is 1. The SMILES string of the molecule is O=C([C@H]1CCCO1)N1CCOc2ccccc2C1. The zero-order valence-corrected chi connectivity index (χ0v) is 10.3. The summed E-state index contributed by atoms with van der Waals surface area (Å²) in [5.74, 6) is 0.993. The van der Waals surface area contributed by atoms with E-state index in [4.69, 9.17) is 9.47 Å². The van der Waals surface area contributed by atoms with Crippen LogP contribution in [-0.4, -0.2) is 36.7 Å². The lowest BCUT2D eigenvalue weighted by atomic mass is 10.1. The lowest BCUT2D eigenvalue weighted by Crippen LogP contribution is -2.39. The van der Waals surface area contributed by atoms with Crippen molar-refractivity contribution >= 4 is 5.91 Å². The quantitative estimate of drug-likeness (QED) is 0.756. The maximum atomic E-state index is 12.3. The summed E-state index contributed by atoms with van der Waals surface area (Å²) in [5.41, 5.74) is 1.07. The van der Waals surface area contributed by atoms with Crippen molar-refractivity contribution < 1.29 is 14.3 Å². The minimum atomic E-state index is -0.240. The molecule has 4 nitrogen and oxygen atoms in total. The van der Waals surface area contributed by atoms with Crippen molar-refractivity contribution in [3.63, 3.8) is 0 Å². The third-order valence-electron chi connectivity index (χ3n) is 3.47. The molecule has 2 heterocycles. The standard InChI is InChI=1S/C14H17NO3/c16-14(13-6-3-8-17-13)15-7-9-18-12-5-2-1-4-11(12)10-15/h1-2,4-5,13H,3,6-10H2/t13-/m1/s1. The van der Waals surface area contributed by atoms with Gasteiger partial charge in [0.15, 0.2) is 0 Å². The number of carbonyl (C=O) groups is 1. The van der Waals surface area contributed by atoms with Gasteiger partial charge in [-0.15, -0.1) is 0 Å². The van der Waals surface area contributed by atoms with E-state index in [1.807, 2.05) is 29.2 Å². The van der Waals surface area contributed by atoms with Gasteiger partial charge < -0.3 is 14.4 Å². The molecule has 1 aromatic carbocycles. The smallest absolute Gasteiger partial charge is 0.252 e. The predicted molar refractivity (Wildman–Crippen MR) is 66.3 cm³/mol. The Kier molecular flexibility index (Phi) is 3.19. The van der Waals surface area contributed by atoms with Crippen molar-refractivity contribution in [2.75, 3.05) is 19.8 Å². The average molecular weight is 247 g/mol. The summed E-state index contributed by atoms with van der Waals surface area (Å²) in [5, 5.41) is 0. The van der Waals surface area contributed by atoms with Gasteiger partial charge >= 0.3 is 0 Å². The minimum Gasteiger partial charge on any atom is -0.491 e. The number of nitrogens with zero attached hydrogens (tertiary/aromatic N) is 1. The van der Waals surface area contributed by atoms with Gasteiger partial charge in [0, 0.05) is 18.7 Å². The van der Waals surface area contributed by atoms with Crippen LogP contribution in [0.1, 0.15) is 18.4 Å². The highest BCUT2D eigenvalue weighted by atomic mass is 16.5. The van der Waals surface area contributed by atoms with Gasteiger partial charge in [-0.3, -0.25) is 4.79 Å². The van der Waals surface area contributed by atoms with E-state index in [0.717, 1.165) is 24.2 Å². The molecule has 1 fully saturated rings. The molecule has 1 saturated heterocycles. The Balaban J connectivity index is 1.76. The van der Waals surface area contributed by atoms with E-state index in [1.165, 1.54) is 0 Å². The second-order valence-corrected chi connectivity index (χ2v) is 4.72. The summed E-state index contributed by atoms with van der Waals surface area (Å²) < 4.78 is 11.1. The number of ether oxygens (including phenoxy) is 2. The van der Waals surface area contributed by atoms with Crippen LogP contribution >= 0.6 is 0 Å². The Morgan fingerprint density at radius 1 is 1.28 bits per heavy atom. The average Bonchev–Trinajstić information content (AvgIpc) is 2.84. The van der Waals surface area contributed by atoms with Crippen molar-refractivity contribution in [1.82, 2.24) is 4.90 Å². The molecule has 0 bridgehead atoms. The van der Waals surface area contributed by atoms with Gasteiger partial charge in [-0.1, -0.05) is 18.2 Å². The number of hydrogen-bond acceptors (Lipinski definition) is 3. The molecule has 4 heteroatoms. The first-order valence-electron chi connectivity index (χ1n) is 6.46. The zero-order valence-electron chi connectivity index (χ0n) is 10.3. The van der Waals surface area contributed by atoms with Crippen molar-refractivity contribution in [3.05, 3.63) is 29.8 Å². The van der Waals surface area contributed by atoms with Gasteiger partial charge in [0.25, 0.3) is 5.91 Å². The molecular formula is C14H17NO3. The third-order valence-corrected chi connectivity index (χ3v) is 3.47. The molecule has 0 radical (unpaired) electrons. The van der Waals surface area contributed by atoms with Crippen LogP contribution in [0.2, 0.25) is 0 Å². The fourth-order valence-corrected chi connectivity index (χ4v) is 2.49. The van der Waals surface area contributed by atoms with Crippen LogP contribution in [0.15, 0.2) is 24.3 Å². The zero-order chi connectivity index (χ0) is 12.4. The molecule has 1 amide bonds.